The molecule has 6 heteroatoms. The molecule has 1 aliphatic heterocycles. The predicted molar refractivity (Wildman–Crippen MR) is 136 cm³/mol. The first kappa shape index (κ1) is 25.7. The van der Waals surface area contributed by atoms with Gasteiger partial charge in [0.05, 0.1) is 0 Å². The number of hydrogen-bond acceptors (Lipinski definition) is 5. The molecule has 180 valence electrons. The normalized spacial score (nSPS) is 16.4. The third-order valence-electron chi connectivity index (χ3n) is 6.53. The zero-order chi connectivity index (χ0) is 24.6. The third kappa shape index (κ3) is 6.37. The number of ether oxygens (including phenoxy) is 2. The molecule has 2 aromatic carbocycles. The highest BCUT2D eigenvalue weighted by Gasteiger charge is 2.40. The molecule has 0 radical (unpaired) electrons. The first-order valence-corrected chi connectivity index (χ1v) is 14.7. The van der Waals surface area contributed by atoms with Gasteiger partial charge in [-0.1, -0.05) is 69.0 Å². The number of hydrogen-bond donors (Lipinski definition) is 0. The highest BCUT2D eigenvalue weighted by atomic mass is 28.4. The summed E-state index contributed by atoms with van der Waals surface area (Å²) in [5.41, 5.74) is 1.61. The average molecular weight is 479 g/mol. The van der Waals surface area contributed by atoms with Gasteiger partial charge in [-0.25, -0.2) is 4.79 Å². The molecule has 2 atom stereocenters. The first-order chi connectivity index (χ1) is 16.4. The number of rotatable bonds is 10. The van der Waals surface area contributed by atoms with Crippen LogP contribution in [0.25, 0.3) is 10.8 Å². The zero-order valence-electron chi connectivity index (χ0n) is 20.6. The number of benzene rings is 2. The fourth-order valence-electron chi connectivity index (χ4n) is 4.34. The highest BCUT2D eigenvalue weighted by molar-refractivity contribution is 6.73. The lowest BCUT2D eigenvalue weighted by molar-refractivity contribution is -0.152. The summed E-state index contributed by atoms with van der Waals surface area (Å²) >= 11 is 0. The molecule has 0 bridgehead atoms. The summed E-state index contributed by atoms with van der Waals surface area (Å²) < 4.78 is 17.5. The molecule has 0 fully saturated rings. The molecular weight excluding hydrogens is 444 g/mol. The molecule has 0 aliphatic carbocycles. The van der Waals surface area contributed by atoms with Crippen molar-refractivity contribution in [3.8, 4) is 11.8 Å². The standard InChI is InChI=1S/C28H34O5Si/c1-5-34(6-2,7-3)33-28-25(20-27(30)32-28)26(31-21(4)29)19-10-8-9-14-22-16-13-17-23-15-11-12-18-24(22)23/h11-13,15-18,20,26,28H,5-8,10,19H2,1-4H3. The molecular formula is C28H34O5Si. The van der Waals surface area contributed by atoms with Crippen molar-refractivity contribution in [1.29, 1.82) is 0 Å². The topological polar surface area (TPSA) is 61.8 Å². The fraction of sp³-hybridized carbons (Fsp3) is 0.429. The van der Waals surface area contributed by atoms with Crippen molar-refractivity contribution >= 4 is 31.0 Å². The monoisotopic (exact) mass is 478 g/mol. The van der Waals surface area contributed by atoms with Crippen molar-refractivity contribution in [1.82, 2.24) is 0 Å². The van der Waals surface area contributed by atoms with Crippen LogP contribution in [-0.2, 0) is 23.5 Å². The molecule has 0 aromatic heterocycles. The van der Waals surface area contributed by atoms with Gasteiger partial charge in [-0.2, -0.15) is 0 Å². The molecule has 0 saturated heterocycles. The van der Waals surface area contributed by atoms with Gasteiger partial charge in [0.1, 0.15) is 6.10 Å². The molecule has 1 aliphatic rings. The molecule has 34 heavy (non-hydrogen) atoms. The molecule has 3 rings (SSSR count). The van der Waals surface area contributed by atoms with Crippen LogP contribution >= 0.6 is 0 Å². The Labute approximate surface area is 203 Å². The molecule has 0 saturated carbocycles. The second-order valence-electron chi connectivity index (χ2n) is 8.59. The number of esters is 2. The van der Waals surface area contributed by atoms with Crippen molar-refractivity contribution in [2.45, 2.75) is 77.5 Å². The fourth-order valence-corrected chi connectivity index (χ4v) is 6.98. The summed E-state index contributed by atoms with van der Waals surface area (Å²) in [6.45, 7) is 7.75. The van der Waals surface area contributed by atoms with Crippen LogP contribution in [0.3, 0.4) is 0 Å². The van der Waals surface area contributed by atoms with Gasteiger partial charge in [-0.3, -0.25) is 4.79 Å². The van der Waals surface area contributed by atoms with E-state index in [9.17, 15) is 9.59 Å². The Hall–Kier alpha value is -2.88. The Balaban J connectivity index is 1.69. The Morgan fingerprint density at radius 2 is 1.79 bits per heavy atom. The van der Waals surface area contributed by atoms with Crippen LogP contribution in [0.4, 0.5) is 0 Å². The zero-order valence-corrected chi connectivity index (χ0v) is 21.6. The Kier molecular flexibility index (Phi) is 9.09. The van der Waals surface area contributed by atoms with Gasteiger partial charge in [0, 0.05) is 30.6 Å². The minimum absolute atomic E-state index is 0.393. The van der Waals surface area contributed by atoms with Gasteiger partial charge in [0.25, 0.3) is 0 Å². The van der Waals surface area contributed by atoms with E-state index in [0.29, 0.717) is 24.8 Å². The Bertz CT molecular complexity index is 1090. The maximum absolute atomic E-state index is 12.1. The number of carbonyl (C=O) groups excluding carboxylic acids is 2. The second kappa shape index (κ2) is 12.0. The molecule has 2 aromatic rings. The number of carbonyl (C=O) groups is 2. The smallest absolute Gasteiger partial charge is 0.333 e. The van der Waals surface area contributed by atoms with Crippen molar-refractivity contribution in [2.24, 2.45) is 0 Å². The van der Waals surface area contributed by atoms with Gasteiger partial charge in [0.2, 0.25) is 6.29 Å². The Morgan fingerprint density at radius 1 is 1.09 bits per heavy atom. The van der Waals surface area contributed by atoms with E-state index in [0.717, 1.165) is 29.1 Å². The molecule has 0 N–H and O–H groups in total. The Morgan fingerprint density at radius 3 is 2.50 bits per heavy atom. The van der Waals surface area contributed by atoms with E-state index < -0.39 is 32.6 Å². The first-order valence-electron chi connectivity index (χ1n) is 12.1. The van der Waals surface area contributed by atoms with Gasteiger partial charge < -0.3 is 13.9 Å². The molecule has 0 amide bonds. The van der Waals surface area contributed by atoms with Gasteiger partial charge in [0.15, 0.2) is 8.32 Å². The number of fused-ring (bicyclic) bond motifs is 1. The van der Waals surface area contributed by atoms with Crippen LogP contribution in [0.2, 0.25) is 18.1 Å². The van der Waals surface area contributed by atoms with Crippen LogP contribution in [0.5, 0.6) is 0 Å². The summed E-state index contributed by atoms with van der Waals surface area (Å²) in [6.07, 6.45) is 2.00. The maximum Gasteiger partial charge on any atom is 0.333 e. The number of cyclic esters (lactones) is 1. The SMILES string of the molecule is CC[Si](CC)(CC)OC1OC(=O)C=C1C(CCCC#Cc1cccc2ccccc12)OC(C)=O. The lowest BCUT2D eigenvalue weighted by Crippen LogP contribution is -2.42. The lowest BCUT2D eigenvalue weighted by Gasteiger charge is -2.33. The quantitative estimate of drug-likeness (QED) is 0.178. The van der Waals surface area contributed by atoms with Crippen LogP contribution in [0, 0.1) is 11.8 Å². The van der Waals surface area contributed by atoms with Crippen molar-refractivity contribution < 1.29 is 23.5 Å². The minimum atomic E-state index is -2.02. The van der Waals surface area contributed by atoms with Crippen molar-refractivity contribution in [3.63, 3.8) is 0 Å². The number of unbranched alkanes of at least 4 members (excludes halogenated alkanes) is 1. The summed E-state index contributed by atoms with van der Waals surface area (Å²) in [7, 11) is -2.02. The predicted octanol–water partition coefficient (Wildman–Crippen LogP) is 6.12. The van der Waals surface area contributed by atoms with E-state index in [1.165, 1.54) is 18.4 Å². The van der Waals surface area contributed by atoms with Gasteiger partial charge in [-0.15, -0.1) is 0 Å². The van der Waals surface area contributed by atoms with Crippen LogP contribution < -0.4 is 0 Å². The largest absolute Gasteiger partial charge is 0.458 e. The maximum atomic E-state index is 12.1. The van der Waals surface area contributed by atoms with E-state index in [1.54, 1.807) is 0 Å². The summed E-state index contributed by atoms with van der Waals surface area (Å²) in [6, 6.07) is 17.1. The summed E-state index contributed by atoms with van der Waals surface area (Å²) in [5, 5.41) is 2.30. The molecule has 5 nitrogen and oxygen atoms in total. The van der Waals surface area contributed by atoms with E-state index in [-0.39, 0.29) is 0 Å². The molecule has 0 spiro atoms. The van der Waals surface area contributed by atoms with E-state index in [2.05, 4.69) is 50.8 Å². The lowest BCUT2D eigenvalue weighted by atomic mass is 10.0. The van der Waals surface area contributed by atoms with E-state index in [4.69, 9.17) is 13.9 Å². The summed E-state index contributed by atoms with van der Waals surface area (Å²) in [4.78, 5) is 23.9. The van der Waals surface area contributed by atoms with Crippen LogP contribution in [0.15, 0.2) is 54.1 Å². The van der Waals surface area contributed by atoms with Gasteiger partial charge >= 0.3 is 11.9 Å². The second-order valence-corrected chi connectivity index (χ2v) is 13.3. The van der Waals surface area contributed by atoms with Crippen LogP contribution in [0.1, 0.15) is 52.5 Å². The van der Waals surface area contributed by atoms with E-state index in [1.807, 2.05) is 24.3 Å². The third-order valence-corrected chi connectivity index (χ3v) is 11.1. The van der Waals surface area contributed by atoms with Crippen LogP contribution in [-0.4, -0.2) is 32.6 Å². The highest BCUT2D eigenvalue weighted by Crippen LogP contribution is 2.32. The molecule has 1 heterocycles. The average Bonchev–Trinajstić information content (AvgIpc) is 3.21. The van der Waals surface area contributed by atoms with E-state index >= 15 is 0 Å². The summed E-state index contributed by atoms with van der Waals surface area (Å²) in [5.74, 6) is 5.68. The van der Waals surface area contributed by atoms with Crippen molar-refractivity contribution in [2.75, 3.05) is 0 Å². The minimum Gasteiger partial charge on any atom is -0.458 e. The van der Waals surface area contributed by atoms with Gasteiger partial charge in [-0.05, 0) is 47.8 Å². The molecule has 2 unspecified atom stereocenters. The van der Waals surface area contributed by atoms with Crippen molar-refractivity contribution in [3.05, 3.63) is 59.7 Å².